The van der Waals surface area contributed by atoms with Crippen molar-refractivity contribution in [2.75, 3.05) is 6.54 Å². The third-order valence-corrected chi connectivity index (χ3v) is 2.99. The Bertz CT molecular complexity index is 432. The summed E-state index contributed by atoms with van der Waals surface area (Å²) < 4.78 is 5.14. The number of benzene rings is 1. The molecule has 0 spiro atoms. The average Bonchev–Trinajstić information content (AvgIpc) is 2.33. The summed E-state index contributed by atoms with van der Waals surface area (Å²) in [6.45, 7) is 0.793. The van der Waals surface area contributed by atoms with Gasteiger partial charge in [-0.05, 0) is 12.0 Å². The normalized spacial score (nSPS) is 18.0. The highest BCUT2D eigenvalue weighted by molar-refractivity contribution is 5.72. The predicted octanol–water partition coefficient (Wildman–Crippen LogP) is 1.87. The molecule has 5 heteroatoms. The van der Waals surface area contributed by atoms with Crippen LogP contribution in [-0.2, 0) is 16.1 Å². The first-order valence-electron chi connectivity index (χ1n) is 5.86. The van der Waals surface area contributed by atoms with Crippen molar-refractivity contribution in [2.24, 2.45) is 0 Å². The molecule has 18 heavy (non-hydrogen) atoms. The highest BCUT2D eigenvalue weighted by Crippen LogP contribution is 2.21. The molecule has 2 rings (SSSR count). The minimum atomic E-state index is -0.888. The van der Waals surface area contributed by atoms with E-state index in [1.165, 1.54) is 4.90 Å². The number of carboxylic acid groups (broad SMARTS) is 1. The van der Waals surface area contributed by atoms with E-state index < -0.39 is 12.1 Å². The zero-order valence-electron chi connectivity index (χ0n) is 9.91. The van der Waals surface area contributed by atoms with E-state index in [0.717, 1.165) is 12.0 Å². The van der Waals surface area contributed by atoms with Crippen LogP contribution in [0, 0.1) is 0 Å². The van der Waals surface area contributed by atoms with Crippen LogP contribution in [0.25, 0.3) is 0 Å². The molecule has 0 aliphatic carbocycles. The van der Waals surface area contributed by atoms with Crippen LogP contribution in [0.1, 0.15) is 18.4 Å². The Morgan fingerprint density at radius 2 is 2.06 bits per heavy atom. The van der Waals surface area contributed by atoms with Crippen LogP contribution < -0.4 is 0 Å². The summed E-state index contributed by atoms with van der Waals surface area (Å²) in [6, 6.07) is 9.17. The minimum Gasteiger partial charge on any atom is -0.481 e. The van der Waals surface area contributed by atoms with Gasteiger partial charge in [0, 0.05) is 12.6 Å². The topological polar surface area (TPSA) is 66.8 Å². The second-order valence-electron chi connectivity index (χ2n) is 4.27. The molecular weight excluding hydrogens is 234 g/mol. The zero-order valence-corrected chi connectivity index (χ0v) is 9.91. The number of carbonyl (C=O) groups is 2. The lowest BCUT2D eigenvalue weighted by Gasteiger charge is -2.39. The van der Waals surface area contributed by atoms with Crippen molar-refractivity contribution in [3.63, 3.8) is 0 Å². The molecule has 0 radical (unpaired) electrons. The van der Waals surface area contributed by atoms with Gasteiger partial charge in [0.1, 0.15) is 6.61 Å². The van der Waals surface area contributed by atoms with Crippen molar-refractivity contribution >= 4 is 12.1 Å². The van der Waals surface area contributed by atoms with E-state index in [0.29, 0.717) is 6.54 Å². The van der Waals surface area contributed by atoms with Crippen molar-refractivity contribution in [2.45, 2.75) is 25.5 Å². The number of amides is 1. The number of hydrogen-bond donors (Lipinski definition) is 1. The lowest BCUT2D eigenvalue weighted by Crippen LogP contribution is -2.52. The van der Waals surface area contributed by atoms with Crippen molar-refractivity contribution in [3.05, 3.63) is 35.9 Å². The summed E-state index contributed by atoms with van der Waals surface area (Å²) in [4.78, 5) is 23.7. The molecule has 1 heterocycles. The summed E-state index contributed by atoms with van der Waals surface area (Å²) >= 11 is 0. The number of carboxylic acids is 1. The SMILES string of the molecule is O=C(O)C[C@H]1CCN1C(=O)OCc1ccccc1. The molecule has 1 aromatic rings. The predicted molar refractivity (Wildman–Crippen MR) is 64.0 cm³/mol. The molecule has 0 bridgehead atoms. The molecular formula is C13H15NO4. The summed E-state index contributed by atoms with van der Waals surface area (Å²) in [5.74, 6) is -0.888. The molecule has 0 saturated carbocycles. The van der Waals surface area contributed by atoms with E-state index in [1.807, 2.05) is 30.3 Å². The number of carbonyl (C=O) groups excluding carboxylic acids is 1. The van der Waals surface area contributed by atoms with Crippen LogP contribution in [0.4, 0.5) is 4.79 Å². The summed E-state index contributed by atoms with van der Waals surface area (Å²) in [6.07, 6.45) is 0.282. The number of ether oxygens (including phenoxy) is 1. The van der Waals surface area contributed by atoms with Gasteiger partial charge in [0.25, 0.3) is 0 Å². The first kappa shape index (κ1) is 12.4. The van der Waals surface area contributed by atoms with Gasteiger partial charge in [-0.2, -0.15) is 0 Å². The molecule has 1 aliphatic rings. The quantitative estimate of drug-likeness (QED) is 0.884. The average molecular weight is 249 g/mol. The fourth-order valence-corrected chi connectivity index (χ4v) is 1.90. The number of hydrogen-bond acceptors (Lipinski definition) is 3. The Morgan fingerprint density at radius 3 is 2.61 bits per heavy atom. The van der Waals surface area contributed by atoms with Crippen molar-refractivity contribution in [3.8, 4) is 0 Å². The van der Waals surface area contributed by atoms with Gasteiger partial charge >= 0.3 is 12.1 Å². The van der Waals surface area contributed by atoms with Gasteiger partial charge in [0.15, 0.2) is 0 Å². The second-order valence-corrected chi connectivity index (χ2v) is 4.27. The third kappa shape index (κ3) is 3.00. The number of aliphatic carboxylic acids is 1. The standard InChI is InChI=1S/C13H15NO4/c15-12(16)8-11-6-7-14(11)13(17)18-9-10-4-2-1-3-5-10/h1-5,11H,6-9H2,(H,15,16)/t11-/m1/s1. The Labute approximate surface area is 105 Å². The second kappa shape index (κ2) is 5.53. The van der Waals surface area contributed by atoms with Crippen molar-refractivity contribution < 1.29 is 19.4 Å². The number of likely N-dealkylation sites (tertiary alicyclic amines) is 1. The van der Waals surface area contributed by atoms with E-state index >= 15 is 0 Å². The summed E-state index contributed by atoms with van der Waals surface area (Å²) in [5.41, 5.74) is 0.918. The van der Waals surface area contributed by atoms with Gasteiger partial charge in [-0.25, -0.2) is 4.79 Å². The highest BCUT2D eigenvalue weighted by Gasteiger charge is 2.34. The monoisotopic (exact) mass is 249 g/mol. The molecule has 1 N–H and O–H groups in total. The van der Waals surface area contributed by atoms with Gasteiger partial charge < -0.3 is 14.7 Å². The minimum absolute atomic E-state index is 0.0135. The van der Waals surface area contributed by atoms with Crippen molar-refractivity contribution in [1.29, 1.82) is 0 Å². The first-order valence-corrected chi connectivity index (χ1v) is 5.86. The van der Waals surface area contributed by atoms with Gasteiger partial charge in [-0.3, -0.25) is 4.79 Å². The van der Waals surface area contributed by atoms with Crippen LogP contribution in [0.2, 0.25) is 0 Å². The summed E-state index contributed by atoms with van der Waals surface area (Å²) in [5, 5.41) is 8.68. The fraction of sp³-hybridized carbons (Fsp3) is 0.385. The van der Waals surface area contributed by atoms with Gasteiger partial charge in [0.2, 0.25) is 0 Å². The fourth-order valence-electron chi connectivity index (χ4n) is 1.90. The molecule has 1 atom stereocenters. The summed E-state index contributed by atoms with van der Waals surface area (Å²) in [7, 11) is 0. The first-order chi connectivity index (χ1) is 8.66. The van der Waals surface area contributed by atoms with Crippen LogP contribution >= 0.6 is 0 Å². The molecule has 1 aromatic carbocycles. The van der Waals surface area contributed by atoms with Crippen LogP contribution in [0.3, 0.4) is 0 Å². The number of rotatable bonds is 4. The van der Waals surface area contributed by atoms with E-state index in [9.17, 15) is 9.59 Å². The molecule has 1 fully saturated rings. The Morgan fingerprint density at radius 1 is 1.33 bits per heavy atom. The molecule has 0 unspecified atom stereocenters. The smallest absolute Gasteiger partial charge is 0.410 e. The zero-order chi connectivity index (χ0) is 13.0. The lowest BCUT2D eigenvalue weighted by atomic mass is 10.0. The molecule has 0 aromatic heterocycles. The molecule has 1 aliphatic heterocycles. The van der Waals surface area contributed by atoms with Gasteiger partial charge in [-0.1, -0.05) is 30.3 Å². The lowest BCUT2D eigenvalue weighted by molar-refractivity contribution is -0.139. The van der Waals surface area contributed by atoms with Gasteiger partial charge in [-0.15, -0.1) is 0 Å². The van der Waals surface area contributed by atoms with E-state index in [-0.39, 0.29) is 19.1 Å². The van der Waals surface area contributed by atoms with E-state index in [2.05, 4.69) is 0 Å². The maximum atomic E-state index is 11.7. The molecule has 1 saturated heterocycles. The van der Waals surface area contributed by atoms with Gasteiger partial charge in [0.05, 0.1) is 6.42 Å². The van der Waals surface area contributed by atoms with Crippen LogP contribution in [0.15, 0.2) is 30.3 Å². The van der Waals surface area contributed by atoms with E-state index in [1.54, 1.807) is 0 Å². The maximum Gasteiger partial charge on any atom is 0.410 e. The number of nitrogens with zero attached hydrogens (tertiary/aromatic N) is 1. The largest absolute Gasteiger partial charge is 0.481 e. The van der Waals surface area contributed by atoms with Crippen LogP contribution in [-0.4, -0.2) is 34.7 Å². The molecule has 5 nitrogen and oxygen atoms in total. The Kier molecular flexibility index (Phi) is 3.82. The maximum absolute atomic E-state index is 11.7. The van der Waals surface area contributed by atoms with Crippen molar-refractivity contribution in [1.82, 2.24) is 4.90 Å². The van der Waals surface area contributed by atoms with Crippen LogP contribution in [0.5, 0.6) is 0 Å². The highest BCUT2D eigenvalue weighted by atomic mass is 16.6. The molecule has 1 amide bonds. The Balaban J connectivity index is 1.80. The third-order valence-electron chi connectivity index (χ3n) is 2.99. The molecule has 96 valence electrons. The Hall–Kier alpha value is -2.04. The van der Waals surface area contributed by atoms with E-state index in [4.69, 9.17) is 9.84 Å².